The van der Waals surface area contributed by atoms with Crippen LogP contribution in [0.4, 0.5) is 0 Å². The monoisotopic (exact) mass is 362 g/mol. The first kappa shape index (κ1) is 23.6. The van der Waals surface area contributed by atoms with Gasteiger partial charge in [-0.1, -0.05) is 96.8 Å². The van der Waals surface area contributed by atoms with E-state index >= 15 is 0 Å². The molecule has 0 aliphatic rings. The van der Waals surface area contributed by atoms with Crippen LogP contribution in [-0.2, 0) is 14.9 Å². The first-order valence-electron chi connectivity index (χ1n) is 9.92. The number of hydrogen-bond donors (Lipinski definition) is 1. The first-order valence-corrected chi connectivity index (χ1v) is 11.5. The molecule has 0 rings (SSSR count). The summed E-state index contributed by atoms with van der Waals surface area (Å²) in [6, 6.07) is 0. The summed E-state index contributed by atoms with van der Waals surface area (Å²) in [5.74, 6) is -1.11. The molecule has 24 heavy (non-hydrogen) atoms. The van der Waals surface area contributed by atoms with Crippen molar-refractivity contribution >= 4 is 15.9 Å². The number of carbonyl (C=O) groups is 1. The molecule has 0 spiro atoms. The van der Waals surface area contributed by atoms with Gasteiger partial charge in [0, 0.05) is 6.42 Å². The largest absolute Gasteiger partial charge is 0.298 e. The van der Waals surface area contributed by atoms with Crippen LogP contribution in [0, 0.1) is 0 Å². The van der Waals surface area contributed by atoms with Crippen LogP contribution in [-0.4, -0.2) is 24.5 Å². The van der Waals surface area contributed by atoms with Crippen LogP contribution in [0.3, 0.4) is 0 Å². The summed E-state index contributed by atoms with van der Waals surface area (Å²) in [6.45, 7) is 2.25. The smallest absolute Gasteiger partial charge is 0.272 e. The normalized spacial score (nSPS) is 11.8. The van der Waals surface area contributed by atoms with Crippen LogP contribution >= 0.6 is 0 Å². The predicted octanol–water partition coefficient (Wildman–Crippen LogP) is 5.70. The fourth-order valence-electron chi connectivity index (χ4n) is 2.97. The molecule has 0 unspecified atom stereocenters. The van der Waals surface area contributed by atoms with Gasteiger partial charge in [-0.2, -0.15) is 8.42 Å². The molecular weight excluding hydrogens is 324 g/mol. The van der Waals surface area contributed by atoms with Crippen molar-refractivity contribution in [3.8, 4) is 0 Å². The van der Waals surface area contributed by atoms with Crippen molar-refractivity contribution in [1.82, 2.24) is 0 Å². The van der Waals surface area contributed by atoms with Crippen LogP contribution in [0.5, 0.6) is 0 Å². The van der Waals surface area contributed by atoms with Crippen LogP contribution < -0.4 is 0 Å². The van der Waals surface area contributed by atoms with Gasteiger partial charge < -0.3 is 0 Å². The summed E-state index contributed by atoms with van der Waals surface area (Å²) in [5, 5.41) is 0. The Morgan fingerprint density at radius 1 is 0.667 bits per heavy atom. The van der Waals surface area contributed by atoms with Crippen LogP contribution in [0.15, 0.2) is 0 Å². The van der Waals surface area contributed by atoms with Gasteiger partial charge in [0.25, 0.3) is 10.1 Å². The Morgan fingerprint density at radius 3 is 1.33 bits per heavy atom. The molecule has 0 bridgehead atoms. The van der Waals surface area contributed by atoms with E-state index in [1.807, 2.05) is 0 Å². The summed E-state index contributed by atoms with van der Waals surface area (Å²) >= 11 is 0. The molecular formula is C19H38O4S. The van der Waals surface area contributed by atoms with Crippen molar-refractivity contribution in [1.29, 1.82) is 0 Å². The molecule has 0 amide bonds. The average Bonchev–Trinajstić information content (AvgIpc) is 2.49. The lowest BCUT2D eigenvalue weighted by Gasteiger charge is -2.03. The Balaban J connectivity index is 3.16. The minimum Gasteiger partial charge on any atom is -0.298 e. The minimum atomic E-state index is -4.14. The molecule has 0 fully saturated rings. The van der Waals surface area contributed by atoms with Gasteiger partial charge in [-0.15, -0.1) is 0 Å². The third-order valence-electron chi connectivity index (χ3n) is 4.40. The second-order valence-corrected chi connectivity index (χ2v) is 8.42. The molecule has 0 aromatic rings. The van der Waals surface area contributed by atoms with E-state index in [1.54, 1.807) is 0 Å². The van der Waals surface area contributed by atoms with Gasteiger partial charge in [0.05, 0.1) is 0 Å². The third kappa shape index (κ3) is 19.6. The van der Waals surface area contributed by atoms with Gasteiger partial charge >= 0.3 is 0 Å². The molecule has 0 saturated carbocycles. The second-order valence-electron chi connectivity index (χ2n) is 6.96. The number of unbranched alkanes of at least 4 members (excludes halogenated alkanes) is 14. The number of Topliss-reactive ketones (excluding diaryl/α,β-unsaturated/α-hetero) is 1. The van der Waals surface area contributed by atoms with Crippen LogP contribution in [0.2, 0.25) is 0 Å². The quantitative estimate of drug-likeness (QED) is 0.250. The molecule has 0 atom stereocenters. The van der Waals surface area contributed by atoms with Gasteiger partial charge in [0.1, 0.15) is 11.5 Å². The highest BCUT2D eigenvalue weighted by molar-refractivity contribution is 7.86. The topological polar surface area (TPSA) is 71.4 Å². The Hall–Kier alpha value is -0.420. The third-order valence-corrected chi connectivity index (χ3v) is 5.09. The average molecular weight is 363 g/mol. The van der Waals surface area contributed by atoms with E-state index in [9.17, 15) is 13.2 Å². The Morgan fingerprint density at radius 2 is 1.00 bits per heavy atom. The standard InChI is InChI=1S/C19H38O4S/c1-2-3-4-5-6-7-8-9-10-11-12-13-14-15-16-17-19(20)18-24(21,22)23/h2-18H2,1H3,(H,21,22,23). The summed E-state index contributed by atoms with van der Waals surface area (Å²) < 4.78 is 29.6. The van der Waals surface area contributed by atoms with Crippen molar-refractivity contribution in [3.05, 3.63) is 0 Å². The van der Waals surface area contributed by atoms with Crippen LogP contribution in [0.1, 0.15) is 110 Å². The zero-order valence-corrected chi connectivity index (χ0v) is 16.4. The molecule has 0 heterocycles. The number of carbonyl (C=O) groups excluding carboxylic acids is 1. The van der Waals surface area contributed by atoms with Crippen molar-refractivity contribution in [2.24, 2.45) is 0 Å². The summed E-state index contributed by atoms with van der Waals surface area (Å²) in [6.07, 6.45) is 19.2. The Kier molecular flexibility index (Phi) is 15.8. The lowest BCUT2D eigenvalue weighted by molar-refractivity contribution is -0.116. The molecule has 0 aromatic carbocycles. The minimum absolute atomic E-state index is 0.262. The van der Waals surface area contributed by atoms with E-state index < -0.39 is 15.9 Å². The summed E-state index contributed by atoms with van der Waals surface area (Å²) in [4.78, 5) is 11.3. The summed E-state index contributed by atoms with van der Waals surface area (Å²) in [5.41, 5.74) is 0. The van der Waals surface area contributed by atoms with E-state index in [1.165, 1.54) is 77.0 Å². The first-order chi connectivity index (χ1) is 11.5. The van der Waals surface area contributed by atoms with E-state index in [0.717, 1.165) is 19.3 Å². The SMILES string of the molecule is CCCCCCCCCCCCCCCCCC(=O)CS(=O)(=O)O. The molecule has 0 saturated heterocycles. The van der Waals surface area contributed by atoms with E-state index in [4.69, 9.17) is 4.55 Å². The van der Waals surface area contributed by atoms with Crippen molar-refractivity contribution in [3.63, 3.8) is 0 Å². The highest BCUT2D eigenvalue weighted by Gasteiger charge is 2.11. The maximum atomic E-state index is 11.3. The molecule has 0 aliphatic carbocycles. The predicted molar refractivity (Wildman–Crippen MR) is 101 cm³/mol. The van der Waals surface area contributed by atoms with Crippen molar-refractivity contribution in [2.45, 2.75) is 110 Å². The second kappa shape index (κ2) is 16.1. The van der Waals surface area contributed by atoms with E-state index in [-0.39, 0.29) is 12.2 Å². The highest BCUT2D eigenvalue weighted by Crippen LogP contribution is 2.13. The molecule has 0 radical (unpaired) electrons. The molecule has 5 heteroatoms. The highest BCUT2D eigenvalue weighted by atomic mass is 32.2. The van der Waals surface area contributed by atoms with E-state index in [0.29, 0.717) is 0 Å². The number of rotatable bonds is 18. The molecule has 1 N–H and O–H groups in total. The van der Waals surface area contributed by atoms with Gasteiger partial charge in [-0.25, -0.2) is 0 Å². The molecule has 0 aliphatic heterocycles. The fourth-order valence-corrected chi connectivity index (χ4v) is 3.52. The maximum Gasteiger partial charge on any atom is 0.272 e. The Labute approximate surface area is 149 Å². The number of hydrogen-bond acceptors (Lipinski definition) is 3. The maximum absolute atomic E-state index is 11.3. The zero-order chi connectivity index (χ0) is 18.1. The molecule has 4 nitrogen and oxygen atoms in total. The lowest BCUT2D eigenvalue weighted by atomic mass is 10.0. The zero-order valence-electron chi connectivity index (χ0n) is 15.6. The van der Waals surface area contributed by atoms with Gasteiger partial charge in [0.15, 0.2) is 0 Å². The van der Waals surface area contributed by atoms with Crippen LogP contribution in [0.25, 0.3) is 0 Å². The van der Waals surface area contributed by atoms with Crippen molar-refractivity contribution in [2.75, 3.05) is 5.75 Å². The van der Waals surface area contributed by atoms with Gasteiger partial charge in [-0.05, 0) is 6.42 Å². The molecule has 144 valence electrons. The van der Waals surface area contributed by atoms with E-state index in [2.05, 4.69) is 6.92 Å². The van der Waals surface area contributed by atoms with Gasteiger partial charge in [0.2, 0.25) is 0 Å². The summed E-state index contributed by atoms with van der Waals surface area (Å²) in [7, 11) is -4.14. The fraction of sp³-hybridized carbons (Fsp3) is 0.947. The Bertz CT molecular complexity index is 390. The lowest BCUT2D eigenvalue weighted by Crippen LogP contribution is -2.14. The number of ketones is 1. The van der Waals surface area contributed by atoms with Crippen molar-refractivity contribution < 1.29 is 17.8 Å². The van der Waals surface area contributed by atoms with Gasteiger partial charge in [-0.3, -0.25) is 9.35 Å². The molecule has 0 aromatic heterocycles.